The molecule has 0 aromatic heterocycles. The molecule has 0 spiro atoms. The average molecular weight is 263 g/mol. The highest BCUT2D eigenvalue weighted by molar-refractivity contribution is 5.92. The molecular formula is C15H21NO3. The van der Waals surface area contributed by atoms with Crippen LogP contribution in [0.3, 0.4) is 0 Å². The predicted molar refractivity (Wildman–Crippen MR) is 75.4 cm³/mol. The Labute approximate surface area is 114 Å². The summed E-state index contributed by atoms with van der Waals surface area (Å²) in [4.78, 5) is 11.7. The molecule has 0 unspecified atom stereocenters. The first kappa shape index (κ1) is 15.1. The van der Waals surface area contributed by atoms with Gasteiger partial charge < -0.3 is 14.8 Å². The Morgan fingerprint density at radius 1 is 1.26 bits per heavy atom. The summed E-state index contributed by atoms with van der Waals surface area (Å²) in [5.41, 5.74) is 1.71. The van der Waals surface area contributed by atoms with Gasteiger partial charge in [-0.1, -0.05) is 19.1 Å². The van der Waals surface area contributed by atoms with Crippen LogP contribution >= 0.6 is 0 Å². The molecule has 0 aliphatic heterocycles. The number of allylic oxidation sites excluding steroid dienone is 1. The van der Waals surface area contributed by atoms with E-state index >= 15 is 0 Å². The second kappa shape index (κ2) is 7.46. The van der Waals surface area contributed by atoms with Gasteiger partial charge in [0, 0.05) is 12.1 Å². The lowest BCUT2D eigenvalue weighted by Crippen LogP contribution is -2.23. The lowest BCUT2D eigenvalue weighted by atomic mass is 10.2. The Bertz CT molecular complexity index is 466. The SMILES string of the molecule is CCC=C(C)C(=O)NCc1ccc(OC)c(OC)c1. The molecule has 4 heteroatoms. The van der Waals surface area contributed by atoms with Crippen molar-refractivity contribution >= 4 is 5.91 Å². The van der Waals surface area contributed by atoms with Crippen LogP contribution in [0.15, 0.2) is 29.8 Å². The van der Waals surface area contributed by atoms with Crippen molar-refractivity contribution in [2.75, 3.05) is 14.2 Å². The zero-order valence-electron chi connectivity index (χ0n) is 11.9. The molecule has 0 saturated heterocycles. The van der Waals surface area contributed by atoms with Gasteiger partial charge in [0.25, 0.3) is 0 Å². The molecule has 0 radical (unpaired) electrons. The summed E-state index contributed by atoms with van der Waals surface area (Å²) in [7, 11) is 3.19. The smallest absolute Gasteiger partial charge is 0.246 e. The van der Waals surface area contributed by atoms with Crippen LogP contribution in [0.25, 0.3) is 0 Å². The highest BCUT2D eigenvalue weighted by Crippen LogP contribution is 2.27. The van der Waals surface area contributed by atoms with Crippen molar-refractivity contribution in [3.8, 4) is 11.5 Å². The molecule has 1 N–H and O–H groups in total. The van der Waals surface area contributed by atoms with Gasteiger partial charge in [0.05, 0.1) is 14.2 Å². The van der Waals surface area contributed by atoms with Crippen LogP contribution in [0.5, 0.6) is 11.5 Å². The van der Waals surface area contributed by atoms with Crippen LogP contribution in [0.2, 0.25) is 0 Å². The Morgan fingerprint density at radius 3 is 2.53 bits per heavy atom. The quantitative estimate of drug-likeness (QED) is 0.803. The summed E-state index contributed by atoms with van der Waals surface area (Å²) in [5, 5.41) is 2.87. The number of amides is 1. The summed E-state index contributed by atoms with van der Waals surface area (Å²) in [5.74, 6) is 1.30. The summed E-state index contributed by atoms with van der Waals surface area (Å²) in [6.45, 7) is 4.28. The number of benzene rings is 1. The first-order valence-electron chi connectivity index (χ1n) is 6.28. The monoisotopic (exact) mass is 263 g/mol. The fraction of sp³-hybridized carbons (Fsp3) is 0.400. The standard InChI is InChI=1S/C15H21NO3/c1-5-6-11(2)15(17)16-10-12-7-8-13(18-3)14(9-12)19-4/h6-9H,5,10H2,1-4H3,(H,16,17). The van der Waals surface area contributed by atoms with Crippen LogP contribution in [-0.2, 0) is 11.3 Å². The van der Waals surface area contributed by atoms with Gasteiger partial charge in [0.15, 0.2) is 11.5 Å². The Hall–Kier alpha value is -1.97. The van der Waals surface area contributed by atoms with E-state index in [2.05, 4.69) is 5.32 Å². The minimum atomic E-state index is -0.0448. The number of hydrogen-bond donors (Lipinski definition) is 1. The average Bonchev–Trinajstić information content (AvgIpc) is 2.44. The zero-order chi connectivity index (χ0) is 14.3. The van der Waals surface area contributed by atoms with Gasteiger partial charge in [-0.3, -0.25) is 4.79 Å². The van der Waals surface area contributed by atoms with E-state index in [1.807, 2.05) is 38.1 Å². The van der Waals surface area contributed by atoms with Gasteiger partial charge >= 0.3 is 0 Å². The van der Waals surface area contributed by atoms with Crippen molar-refractivity contribution in [1.82, 2.24) is 5.32 Å². The zero-order valence-corrected chi connectivity index (χ0v) is 11.9. The van der Waals surface area contributed by atoms with E-state index in [4.69, 9.17) is 9.47 Å². The number of rotatable bonds is 6. The number of nitrogens with one attached hydrogen (secondary N) is 1. The molecule has 19 heavy (non-hydrogen) atoms. The minimum absolute atomic E-state index is 0.0448. The summed E-state index contributed by atoms with van der Waals surface area (Å²) < 4.78 is 10.4. The van der Waals surface area contributed by atoms with E-state index in [1.54, 1.807) is 14.2 Å². The minimum Gasteiger partial charge on any atom is -0.493 e. The van der Waals surface area contributed by atoms with Crippen molar-refractivity contribution in [3.05, 3.63) is 35.4 Å². The Morgan fingerprint density at radius 2 is 1.95 bits per heavy atom. The lowest BCUT2D eigenvalue weighted by molar-refractivity contribution is -0.117. The van der Waals surface area contributed by atoms with Gasteiger partial charge in [-0.25, -0.2) is 0 Å². The summed E-state index contributed by atoms with van der Waals surface area (Å²) in [6.07, 6.45) is 2.76. The molecule has 0 aliphatic rings. The van der Waals surface area contributed by atoms with Crippen molar-refractivity contribution < 1.29 is 14.3 Å². The molecular weight excluding hydrogens is 242 g/mol. The molecule has 0 atom stereocenters. The topological polar surface area (TPSA) is 47.6 Å². The molecule has 1 aromatic rings. The number of ether oxygens (including phenoxy) is 2. The van der Waals surface area contributed by atoms with Gasteiger partial charge in [-0.05, 0) is 31.0 Å². The maximum atomic E-state index is 11.7. The van der Waals surface area contributed by atoms with Crippen LogP contribution in [0.1, 0.15) is 25.8 Å². The van der Waals surface area contributed by atoms with Gasteiger partial charge in [0.1, 0.15) is 0 Å². The van der Waals surface area contributed by atoms with Crippen molar-refractivity contribution in [3.63, 3.8) is 0 Å². The van der Waals surface area contributed by atoms with Gasteiger partial charge in [-0.2, -0.15) is 0 Å². The molecule has 104 valence electrons. The molecule has 0 heterocycles. The Kier molecular flexibility index (Phi) is 5.93. The highest BCUT2D eigenvalue weighted by atomic mass is 16.5. The van der Waals surface area contributed by atoms with E-state index in [1.165, 1.54) is 0 Å². The molecule has 1 aromatic carbocycles. The third-order valence-electron chi connectivity index (χ3n) is 2.77. The van der Waals surface area contributed by atoms with E-state index in [0.29, 0.717) is 18.0 Å². The van der Waals surface area contributed by atoms with Crippen LogP contribution in [-0.4, -0.2) is 20.1 Å². The van der Waals surface area contributed by atoms with Gasteiger partial charge in [0.2, 0.25) is 5.91 Å². The largest absolute Gasteiger partial charge is 0.493 e. The molecule has 0 aliphatic carbocycles. The predicted octanol–water partition coefficient (Wildman–Crippen LogP) is 2.68. The highest BCUT2D eigenvalue weighted by Gasteiger charge is 2.06. The van der Waals surface area contributed by atoms with Gasteiger partial charge in [-0.15, -0.1) is 0 Å². The maximum absolute atomic E-state index is 11.7. The van der Waals surface area contributed by atoms with E-state index in [0.717, 1.165) is 17.6 Å². The number of carbonyl (C=O) groups excluding carboxylic acids is 1. The van der Waals surface area contributed by atoms with Crippen molar-refractivity contribution in [1.29, 1.82) is 0 Å². The molecule has 1 amide bonds. The normalized spacial score (nSPS) is 11.1. The first-order chi connectivity index (χ1) is 9.12. The summed E-state index contributed by atoms with van der Waals surface area (Å²) >= 11 is 0. The lowest BCUT2D eigenvalue weighted by Gasteiger charge is -2.10. The maximum Gasteiger partial charge on any atom is 0.246 e. The van der Waals surface area contributed by atoms with Crippen LogP contribution in [0, 0.1) is 0 Å². The fourth-order valence-electron chi connectivity index (χ4n) is 1.71. The first-order valence-corrected chi connectivity index (χ1v) is 6.28. The van der Waals surface area contributed by atoms with Crippen molar-refractivity contribution in [2.24, 2.45) is 0 Å². The molecule has 0 saturated carbocycles. The van der Waals surface area contributed by atoms with E-state index in [9.17, 15) is 4.79 Å². The third-order valence-corrected chi connectivity index (χ3v) is 2.77. The molecule has 0 fully saturated rings. The summed E-state index contributed by atoms with van der Waals surface area (Å²) in [6, 6.07) is 5.59. The van der Waals surface area contributed by atoms with E-state index in [-0.39, 0.29) is 5.91 Å². The van der Waals surface area contributed by atoms with Crippen LogP contribution in [0.4, 0.5) is 0 Å². The van der Waals surface area contributed by atoms with E-state index < -0.39 is 0 Å². The fourth-order valence-corrected chi connectivity index (χ4v) is 1.71. The van der Waals surface area contributed by atoms with Crippen LogP contribution < -0.4 is 14.8 Å². The Balaban J connectivity index is 2.68. The molecule has 0 bridgehead atoms. The number of methoxy groups -OCH3 is 2. The van der Waals surface area contributed by atoms with Crippen molar-refractivity contribution in [2.45, 2.75) is 26.8 Å². The second-order valence-corrected chi connectivity index (χ2v) is 4.17. The number of hydrogen-bond acceptors (Lipinski definition) is 3. The number of carbonyl (C=O) groups is 1. The third kappa shape index (κ3) is 4.32. The second-order valence-electron chi connectivity index (χ2n) is 4.17. The molecule has 1 rings (SSSR count). The molecule has 4 nitrogen and oxygen atoms in total.